The predicted molar refractivity (Wildman–Crippen MR) is 85.5 cm³/mol. The van der Waals surface area contributed by atoms with E-state index in [9.17, 15) is 4.79 Å². The van der Waals surface area contributed by atoms with Crippen molar-refractivity contribution in [1.29, 1.82) is 0 Å². The maximum Gasteiger partial charge on any atom is 0.335 e. The van der Waals surface area contributed by atoms with Crippen molar-refractivity contribution in [1.82, 2.24) is 0 Å². The number of carboxylic acids is 1. The Hall–Kier alpha value is -2.14. The summed E-state index contributed by atoms with van der Waals surface area (Å²) in [4.78, 5) is 12.2. The number of thioether (sulfide) groups is 1. The first kappa shape index (κ1) is 15.3. The molecule has 0 saturated heterocycles. The van der Waals surface area contributed by atoms with Crippen LogP contribution >= 0.6 is 11.8 Å². The van der Waals surface area contributed by atoms with Crippen LogP contribution in [0.5, 0.6) is 5.75 Å². The molecule has 0 aliphatic rings. The molecule has 0 spiro atoms. The molecule has 0 aliphatic carbocycles. The summed E-state index contributed by atoms with van der Waals surface area (Å²) in [6.07, 6.45) is 2.04. The van der Waals surface area contributed by atoms with Crippen molar-refractivity contribution in [2.24, 2.45) is 0 Å². The quantitative estimate of drug-likeness (QED) is 0.796. The highest BCUT2D eigenvalue weighted by atomic mass is 32.2. The standard InChI is InChI=1S/C16H17NO3S/c1-20-15-8-5-12(16(18)19)9-14(15)17-10-11-3-6-13(21-2)7-4-11/h3-9,17H,10H2,1-2H3,(H,18,19). The molecule has 110 valence electrons. The minimum atomic E-state index is -0.954. The first-order chi connectivity index (χ1) is 10.1. The van der Waals surface area contributed by atoms with E-state index in [1.807, 2.05) is 18.4 Å². The molecule has 21 heavy (non-hydrogen) atoms. The number of aromatic carboxylic acids is 1. The van der Waals surface area contributed by atoms with Crippen molar-refractivity contribution in [2.45, 2.75) is 11.4 Å². The van der Waals surface area contributed by atoms with Gasteiger partial charge in [0.25, 0.3) is 0 Å². The summed E-state index contributed by atoms with van der Waals surface area (Å²) in [5.74, 6) is -0.328. The Bertz CT molecular complexity index is 626. The zero-order chi connectivity index (χ0) is 15.2. The molecule has 0 bridgehead atoms. The smallest absolute Gasteiger partial charge is 0.335 e. The van der Waals surface area contributed by atoms with Gasteiger partial charge in [0.15, 0.2) is 0 Å². The van der Waals surface area contributed by atoms with E-state index < -0.39 is 5.97 Å². The summed E-state index contributed by atoms with van der Waals surface area (Å²) < 4.78 is 5.25. The number of rotatable bonds is 6. The molecule has 0 aliphatic heterocycles. The van der Waals surface area contributed by atoms with Crippen LogP contribution in [0.3, 0.4) is 0 Å². The molecule has 0 saturated carbocycles. The minimum absolute atomic E-state index is 0.232. The first-order valence-electron chi connectivity index (χ1n) is 6.42. The second-order valence-electron chi connectivity index (χ2n) is 4.42. The van der Waals surface area contributed by atoms with Crippen LogP contribution < -0.4 is 10.1 Å². The molecule has 2 N–H and O–H groups in total. The van der Waals surface area contributed by atoms with Gasteiger partial charge in [-0.3, -0.25) is 0 Å². The van der Waals surface area contributed by atoms with Gasteiger partial charge >= 0.3 is 5.97 Å². The van der Waals surface area contributed by atoms with E-state index in [-0.39, 0.29) is 5.56 Å². The molecular weight excluding hydrogens is 286 g/mol. The third-order valence-corrected chi connectivity index (χ3v) is 3.83. The maximum atomic E-state index is 11.0. The normalized spacial score (nSPS) is 10.2. The number of benzene rings is 2. The lowest BCUT2D eigenvalue weighted by molar-refractivity contribution is 0.0697. The summed E-state index contributed by atoms with van der Waals surface area (Å²) >= 11 is 1.70. The van der Waals surface area contributed by atoms with E-state index in [0.717, 1.165) is 5.56 Å². The number of carbonyl (C=O) groups is 1. The SMILES string of the molecule is COc1ccc(C(=O)O)cc1NCc1ccc(SC)cc1. The summed E-state index contributed by atoms with van der Waals surface area (Å²) in [5, 5.41) is 12.3. The average molecular weight is 303 g/mol. The number of anilines is 1. The molecule has 2 aromatic carbocycles. The Morgan fingerprint density at radius 1 is 1.24 bits per heavy atom. The number of ether oxygens (including phenoxy) is 1. The van der Waals surface area contributed by atoms with Crippen LogP contribution in [-0.2, 0) is 6.54 Å². The van der Waals surface area contributed by atoms with Gasteiger partial charge < -0.3 is 15.2 Å². The third kappa shape index (κ3) is 3.92. The van der Waals surface area contributed by atoms with Crippen LogP contribution in [0.15, 0.2) is 47.4 Å². The molecule has 0 radical (unpaired) electrons. The van der Waals surface area contributed by atoms with Gasteiger partial charge in [0.05, 0.1) is 18.4 Å². The van der Waals surface area contributed by atoms with Crippen molar-refractivity contribution < 1.29 is 14.6 Å². The van der Waals surface area contributed by atoms with Gasteiger partial charge in [0, 0.05) is 11.4 Å². The lowest BCUT2D eigenvalue weighted by Crippen LogP contribution is -2.04. The molecule has 4 nitrogen and oxygen atoms in total. The van der Waals surface area contributed by atoms with Gasteiger partial charge in [-0.2, -0.15) is 0 Å². The van der Waals surface area contributed by atoms with Gasteiger partial charge in [-0.1, -0.05) is 12.1 Å². The summed E-state index contributed by atoms with van der Waals surface area (Å²) in [5.41, 5.74) is 2.03. The average Bonchev–Trinajstić information content (AvgIpc) is 2.53. The highest BCUT2D eigenvalue weighted by Crippen LogP contribution is 2.26. The Labute approximate surface area is 128 Å². The van der Waals surface area contributed by atoms with Crippen molar-refractivity contribution in [3.63, 3.8) is 0 Å². The Kier molecular flexibility index (Phi) is 5.11. The Morgan fingerprint density at radius 2 is 1.95 bits per heavy atom. The number of methoxy groups -OCH3 is 1. The second-order valence-corrected chi connectivity index (χ2v) is 5.30. The fourth-order valence-corrected chi connectivity index (χ4v) is 2.33. The lowest BCUT2D eigenvalue weighted by Gasteiger charge is -2.12. The van der Waals surface area contributed by atoms with Crippen LogP contribution in [-0.4, -0.2) is 24.4 Å². The van der Waals surface area contributed by atoms with Gasteiger partial charge in [0.1, 0.15) is 5.75 Å². The molecule has 2 aromatic rings. The third-order valence-electron chi connectivity index (χ3n) is 3.09. The van der Waals surface area contributed by atoms with Gasteiger partial charge in [0.2, 0.25) is 0 Å². The summed E-state index contributed by atoms with van der Waals surface area (Å²) in [6, 6.07) is 13.0. The highest BCUT2D eigenvalue weighted by Gasteiger charge is 2.08. The summed E-state index contributed by atoms with van der Waals surface area (Å²) in [6.45, 7) is 0.605. The van der Waals surface area contributed by atoms with Crippen molar-refractivity contribution >= 4 is 23.4 Å². The van der Waals surface area contributed by atoms with E-state index in [1.165, 1.54) is 11.0 Å². The first-order valence-corrected chi connectivity index (χ1v) is 7.64. The molecule has 0 heterocycles. The largest absolute Gasteiger partial charge is 0.495 e. The topological polar surface area (TPSA) is 58.6 Å². The molecule has 0 amide bonds. The van der Waals surface area contributed by atoms with Gasteiger partial charge in [-0.05, 0) is 42.2 Å². The van der Waals surface area contributed by atoms with Crippen LogP contribution in [0.2, 0.25) is 0 Å². The lowest BCUT2D eigenvalue weighted by atomic mass is 10.1. The van der Waals surface area contributed by atoms with Crippen LogP contribution in [0, 0.1) is 0 Å². The van der Waals surface area contributed by atoms with Gasteiger partial charge in [-0.15, -0.1) is 11.8 Å². The monoisotopic (exact) mass is 303 g/mol. The number of nitrogens with one attached hydrogen (secondary N) is 1. The van der Waals surface area contributed by atoms with Crippen molar-refractivity contribution in [3.05, 3.63) is 53.6 Å². The van der Waals surface area contributed by atoms with Crippen molar-refractivity contribution in [2.75, 3.05) is 18.7 Å². The number of hydrogen-bond donors (Lipinski definition) is 2. The number of hydrogen-bond acceptors (Lipinski definition) is 4. The molecule has 0 aromatic heterocycles. The molecule has 2 rings (SSSR count). The van der Waals surface area contributed by atoms with E-state index in [1.54, 1.807) is 31.0 Å². The second kappa shape index (κ2) is 7.04. The fourth-order valence-electron chi connectivity index (χ4n) is 1.92. The zero-order valence-corrected chi connectivity index (χ0v) is 12.7. The molecule has 5 heteroatoms. The van der Waals surface area contributed by atoms with E-state index in [2.05, 4.69) is 17.4 Å². The molecule has 0 fully saturated rings. The van der Waals surface area contributed by atoms with Crippen LogP contribution in [0.1, 0.15) is 15.9 Å². The predicted octanol–water partition coefficient (Wildman–Crippen LogP) is 3.73. The molecule has 0 unspecified atom stereocenters. The van der Waals surface area contributed by atoms with Crippen LogP contribution in [0.25, 0.3) is 0 Å². The molecule has 0 atom stereocenters. The Morgan fingerprint density at radius 3 is 2.52 bits per heavy atom. The highest BCUT2D eigenvalue weighted by molar-refractivity contribution is 7.98. The molecular formula is C16H17NO3S. The van der Waals surface area contributed by atoms with Crippen molar-refractivity contribution in [3.8, 4) is 5.75 Å². The maximum absolute atomic E-state index is 11.0. The van der Waals surface area contributed by atoms with E-state index in [4.69, 9.17) is 9.84 Å². The Balaban J connectivity index is 2.13. The van der Waals surface area contributed by atoms with Crippen LogP contribution in [0.4, 0.5) is 5.69 Å². The van der Waals surface area contributed by atoms with Gasteiger partial charge in [-0.25, -0.2) is 4.79 Å². The zero-order valence-electron chi connectivity index (χ0n) is 11.9. The van der Waals surface area contributed by atoms with E-state index in [0.29, 0.717) is 18.0 Å². The fraction of sp³-hybridized carbons (Fsp3) is 0.188. The minimum Gasteiger partial charge on any atom is -0.495 e. The number of carboxylic acid groups (broad SMARTS) is 1. The summed E-state index contributed by atoms with van der Waals surface area (Å²) in [7, 11) is 1.56. The van der Waals surface area contributed by atoms with E-state index >= 15 is 0 Å².